The number of benzene rings is 2. The Morgan fingerprint density at radius 1 is 1.03 bits per heavy atom. The van der Waals surface area contributed by atoms with Crippen molar-refractivity contribution in [3.05, 3.63) is 113 Å². The lowest BCUT2D eigenvalue weighted by Crippen LogP contribution is -2.33. The van der Waals surface area contributed by atoms with Crippen molar-refractivity contribution < 1.29 is 4.79 Å². The second-order valence-electron chi connectivity index (χ2n) is 9.70. The predicted molar refractivity (Wildman–Crippen MR) is 156 cm³/mol. The Morgan fingerprint density at radius 2 is 1.84 bits per heavy atom. The summed E-state index contributed by atoms with van der Waals surface area (Å²) < 4.78 is 2.22. The zero-order valence-corrected chi connectivity index (χ0v) is 22.8. The number of carbonyl (C=O) groups is 1. The third-order valence-corrected chi connectivity index (χ3v) is 7.65. The van der Waals surface area contributed by atoms with Crippen LogP contribution >= 0.6 is 12.2 Å². The van der Waals surface area contributed by atoms with Crippen LogP contribution in [0.2, 0.25) is 0 Å². The van der Waals surface area contributed by atoms with Gasteiger partial charge in [0.05, 0.1) is 17.8 Å². The fraction of sp³-hybridized carbons (Fsp3) is 0.258. The summed E-state index contributed by atoms with van der Waals surface area (Å²) in [6, 6.07) is 24.3. The van der Waals surface area contributed by atoms with Crippen molar-refractivity contribution in [3.8, 4) is 5.69 Å². The highest BCUT2D eigenvalue weighted by Crippen LogP contribution is 2.39. The van der Waals surface area contributed by atoms with Crippen LogP contribution in [-0.4, -0.2) is 32.0 Å². The number of thiocarbonyl (C=S) groups is 1. The average molecular weight is 524 g/mol. The number of para-hydroxylation sites is 1. The van der Waals surface area contributed by atoms with Crippen LogP contribution in [0.15, 0.2) is 85.2 Å². The fourth-order valence-electron chi connectivity index (χ4n) is 5.10. The zero-order valence-electron chi connectivity index (χ0n) is 22.0. The normalized spacial score (nSPS) is 16.9. The van der Waals surface area contributed by atoms with E-state index in [4.69, 9.17) is 12.2 Å². The van der Waals surface area contributed by atoms with Gasteiger partial charge in [-0.25, -0.2) is 0 Å². The maximum absolute atomic E-state index is 13.0. The molecule has 3 heterocycles. The highest BCUT2D eigenvalue weighted by molar-refractivity contribution is 7.80. The van der Waals surface area contributed by atoms with Gasteiger partial charge in [-0.05, 0) is 91.6 Å². The molecule has 0 saturated carbocycles. The van der Waals surface area contributed by atoms with Gasteiger partial charge in [-0.15, -0.1) is 0 Å². The van der Waals surface area contributed by atoms with E-state index in [0.29, 0.717) is 18.1 Å². The maximum Gasteiger partial charge on any atom is 0.226 e. The number of anilines is 1. The van der Waals surface area contributed by atoms with Gasteiger partial charge in [0.25, 0.3) is 0 Å². The minimum atomic E-state index is -0.146. The van der Waals surface area contributed by atoms with E-state index in [0.717, 1.165) is 34.7 Å². The van der Waals surface area contributed by atoms with E-state index in [1.807, 2.05) is 42.5 Å². The third kappa shape index (κ3) is 5.20. The lowest BCUT2D eigenvalue weighted by Gasteiger charge is -2.29. The standard InChI is InChI=1S/C31H33N5OS/c1-4-23-10-5-6-11-25(23)33-28(37)16-19-36-30(29(34-31(36)38)26-12-7-8-17-32-26)27-13-9-18-35(27)24-15-14-21(2)22(3)20-24/h5-15,17-18,20,29-30H,4,16,19H2,1-3H3,(H,33,37)(H,34,38)/t29-,30-/m1/s1. The number of carbonyl (C=O) groups excluding carboxylic acids is 1. The van der Waals surface area contributed by atoms with E-state index < -0.39 is 0 Å². The summed E-state index contributed by atoms with van der Waals surface area (Å²) in [5.41, 5.74) is 7.59. The first kappa shape index (κ1) is 25.7. The van der Waals surface area contributed by atoms with Crippen molar-refractivity contribution in [1.29, 1.82) is 0 Å². The maximum atomic E-state index is 13.0. The SMILES string of the molecule is CCc1ccccc1NC(=O)CCN1C(=S)N[C@H](c2ccccn2)[C@H]1c1cccn1-c1ccc(C)c(C)c1. The van der Waals surface area contributed by atoms with Gasteiger partial charge in [-0.2, -0.15) is 0 Å². The summed E-state index contributed by atoms with van der Waals surface area (Å²) in [4.78, 5) is 19.8. The summed E-state index contributed by atoms with van der Waals surface area (Å²) in [7, 11) is 0. The quantitative estimate of drug-likeness (QED) is 0.275. The largest absolute Gasteiger partial charge is 0.352 e. The van der Waals surface area contributed by atoms with Crippen LogP contribution in [0.3, 0.4) is 0 Å². The topological polar surface area (TPSA) is 62.2 Å². The molecule has 1 fully saturated rings. The lowest BCUT2D eigenvalue weighted by molar-refractivity contribution is -0.116. The Balaban J connectivity index is 1.45. The van der Waals surface area contributed by atoms with Gasteiger partial charge in [0.1, 0.15) is 0 Å². The van der Waals surface area contributed by atoms with E-state index in [-0.39, 0.29) is 18.0 Å². The first-order chi connectivity index (χ1) is 18.5. The molecule has 2 aromatic heterocycles. The number of pyridine rings is 1. The average Bonchev–Trinajstić information content (AvgIpc) is 3.54. The van der Waals surface area contributed by atoms with Gasteiger partial charge in [0.15, 0.2) is 5.11 Å². The van der Waals surface area contributed by atoms with Crippen molar-refractivity contribution in [2.75, 3.05) is 11.9 Å². The molecule has 0 radical (unpaired) electrons. The molecule has 2 aromatic carbocycles. The monoisotopic (exact) mass is 523 g/mol. The van der Waals surface area contributed by atoms with Crippen LogP contribution < -0.4 is 10.6 Å². The number of hydrogen-bond acceptors (Lipinski definition) is 3. The minimum absolute atomic E-state index is 0.0294. The summed E-state index contributed by atoms with van der Waals surface area (Å²) in [6.45, 7) is 6.83. The van der Waals surface area contributed by atoms with E-state index >= 15 is 0 Å². The molecular formula is C31H33N5OS. The van der Waals surface area contributed by atoms with Gasteiger partial charge in [-0.1, -0.05) is 37.3 Å². The first-order valence-electron chi connectivity index (χ1n) is 13.1. The van der Waals surface area contributed by atoms with Crippen LogP contribution in [0.25, 0.3) is 5.69 Å². The minimum Gasteiger partial charge on any atom is -0.352 e. The molecule has 7 heteroatoms. The molecule has 1 aliphatic heterocycles. The smallest absolute Gasteiger partial charge is 0.226 e. The number of aryl methyl sites for hydroxylation is 3. The van der Waals surface area contributed by atoms with Crippen LogP contribution in [0.1, 0.15) is 53.5 Å². The molecule has 2 N–H and O–H groups in total. The van der Waals surface area contributed by atoms with Crippen LogP contribution in [-0.2, 0) is 11.2 Å². The van der Waals surface area contributed by atoms with Crippen molar-refractivity contribution in [2.45, 2.75) is 45.7 Å². The van der Waals surface area contributed by atoms with E-state index in [9.17, 15) is 4.79 Å². The van der Waals surface area contributed by atoms with E-state index in [1.54, 1.807) is 6.20 Å². The van der Waals surface area contributed by atoms with Gasteiger partial charge >= 0.3 is 0 Å². The van der Waals surface area contributed by atoms with Crippen molar-refractivity contribution >= 4 is 28.9 Å². The molecule has 0 spiro atoms. The van der Waals surface area contributed by atoms with Crippen LogP contribution in [0, 0.1) is 13.8 Å². The Morgan fingerprint density at radius 3 is 2.61 bits per heavy atom. The molecule has 194 valence electrons. The van der Waals surface area contributed by atoms with Crippen LogP contribution in [0.4, 0.5) is 5.69 Å². The van der Waals surface area contributed by atoms with Gasteiger partial charge in [-0.3, -0.25) is 9.78 Å². The summed E-state index contributed by atoms with van der Waals surface area (Å²) in [6.07, 6.45) is 5.07. The van der Waals surface area contributed by atoms with Crippen molar-refractivity contribution in [1.82, 2.24) is 19.8 Å². The number of aromatic nitrogens is 2. The Hall–Kier alpha value is -3.97. The number of amides is 1. The predicted octanol–water partition coefficient (Wildman–Crippen LogP) is 6.05. The molecule has 1 saturated heterocycles. The molecule has 0 bridgehead atoms. The van der Waals surface area contributed by atoms with E-state index in [2.05, 4.69) is 82.4 Å². The van der Waals surface area contributed by atoms with Gasteiger partial charge in [0, 0.05) is 42.4 Å². The van der Waals surface area contributed by atoms with Crippen molar-refractivity contribution in [2.24, 2.45) is 0 Å². The second-order valence-corrected chi connectivity index (χ2v) is 10.1. The molecular weight excluding hydrogens is 490 g/mol. The summed E-state index contributed by atoms with van der Waals surface area (Å²) >= 11 is 5.83. The third-order valence-electron chi connectivity index (χ3n) is 7.30. The molecule has 4 aromatic rings. The lowest BCUT2D eigenvalue weighted by atomic mass is 10.0. The number of nitrogens with one attached hydrogen (secondary N) is 2. The number of nitrogens with zero attached hydrogens (tertiary/aromatic N) is 3. The molecule has 38 heavy (non-hydrogen) atoms. The summed E-state index contributed by atoms with van der Waals surface area (Å²) in [5, 5.41) is 7.22. The molecule has 5 rings (SSSR count). The van der Waals surface area contributed by atoms with Gasteiger partial charge in [0.2, 0.25) is 5.91 Å². The number of rotatable bonds is 8. The Kier molecular flexibility index (Phi) is 7.56. The highest BCUT2D eigenvalue weighted by Gasteiger charge is 2.41. The fourth-order valence-corrected chi connectivity index (χ4v) is 5.43. The summed E-state index contributed by atoms with van der Waals surface area (Å²) in [5.74, 6) is -0.0294. The van der Waals surface area contributed by atoms with Crippen molar-refractivity contribution in [3.63, 3.8) is 0 Å². The molecule has 0 unspecified atom stereocenters. The Bertz CT molecular complexity index is 1450. The van der Waals surface area contributed by atoms with Crippen LogP contribution in [0.5, 0.6) is 0 Å². The Labute approximate surface area is 229 Å². The molecule has 6 nitrogen and oxygen atoms in total. The molecule has 0 aliphatic carbocycles. The number of hydrogen-bond donors (Lipinski definition) is 2. The van der Waals surface area contributed by atoms with Gasteiger partial charge < -0.3 is 20.1 Å². The molecule has 1 aliphatic rings. The van der Waals surface area contributed by atoms with E-state index in [1.165, 1.54) is 11.1 Å². The molecule has 1 amide bonds. The zero-order chi connectivity index (χ0) is 26.6. The highest BCUT2D eigenvalue weighted by atomic mass is 32.1. The first-order valence-corrected chi connectivity index (χ1v) is 13.5. The molecule has 2 atom stereocenters. The second kappa shape index (κ2) is 11.2.